The molecule has 0 spiro atoms. The molecule has 2 rings (SSSR count). The molecule has 1 atom stereocenters. The molecule has 2 aromatic rings. The number of carbonyl (C=O) groups is 3. The molecule has 0 radical (unpaired) electrons. The topological polar surface area (TPSA) is 72.5 Å². The summed E-state index contributed by atoms with van der Waals surface area (Å²) in [7, 11) is 0. The maximum absolute atomic E-state index is 12.3. The first-order chi connectivity index (χ1) is 12.6. The highest BCUT2D eigenvalue weighted by Crippen LogP contribution is 2.22. The maximum Gasteiger partial charge on any atom is 0.338 e. The van der Waals surface area contributed by atoms with Crippen molar-refractivity contribution in [3.05, 3.63) is 65.2 Å². The molecule has 5 nitrogen and oxygen atoms in total. The fraction of sp³-hybridized carbons (Fsp3) is 0.318. The van der Waals surface area contributed by atoms with E-state index in [2.05, 4.69) is 26.1 Å². The van der Waals surface area contributed by atoms with Gasteiger partial charge >= 0.3 is 5.97 Å². The highest BCUT2D eigenvalue weighted by Gasteiger charge is 2.20. The Morgan fingerprint density at radius 1 is 0.963 bits per heavy atom. The third-order valence-corrected chi connectivity index (χ3v) is 4.18. The van der Waals surface area contributed by atoms with E-state index in [0.29, 0.717) is 16.8 Å². The minimum absolute atomic E-state index is 0.00990. The summed E-state index contributed by atoms with van der Waals surface area (Å²) in [6.45, 7) is 9.23. The Labute approximate surface area is 159 Å². The van der Waals surface area contributed by atoms with Crippen molar-refractivity contribution in [1.82, 2.24) is 0 Å². The first kappa shape index (κ1) is 20.4. The molecule has 2 aromatic carbocycles. The Hall–Kier alpha value is -2.95. The van der Waals surface area contributed by atoms with Gasteiger partial charge in [-0.3, -0.25) is 9.59 Å². The van der Waals surface area contributed by atoms with Gasteiger partial charge in [0.25, 0.3) is 5.91 Å². The van der Waals surface area contributed by atoms with Gasteiger partial charge in [0.15, 0.2) is 11.9 Å². The Kier molecular flexibility index (Phi) is 6.16. The van der Waals surface area contributed by atoms with Crippen LogP contribution in [0.2, 0.25) is 0 Å². The van der Waals surface area contributed by atoms with Crippen LogP contribution >= 0.6 is 0 Å². The molecule has 27 heavy (non-hydrogen) atoms. The van der Waals surface area contributed by atoms with Gasteiger partial charge in [0.2, 0.25) is 0 Å². The lowest BCUT2D eigenvalue weighted by Crippen LogP contribution is -2.30. The third kappa shape index (κ3) is 5.51. The molecule has 0 heterocycles. The van der Waals surface area contributed by atoms with Gasteiger partial charge in [0.05, 0.1) is 5.56 Å². The first-order valence-corrected chi connectivity index (χ1v) is 8.81. The summed E-state index contributed by atoms with van der Waals surface area (Å²) in [6.07, 6.45) is -0.972. The van der Waals surface area contributed by atoms with Crippen molar-refractivity contribution >= 4 is 23.3 Å². The van der Waals surface area contributed by atoms with E-state index in [-0.39, 0.29) is 11.2 Å². The van der Waals surface area contributed by atoms with Crippen LogP contribution in [-0.2, 0) is 14.9 Å². The Balaban J connectivity index is 2.00. The standard InChI is InChI=1S/C22H25NO4/c1-14(24)17-7-6-8-19(13-17)23-20(25)15(2)27-21(26)16-9-11-18(12-10-16)22(3,4)5/h6-13,15H,1-5H3,(H,23,25). The van der Waals surface area contributed by atoms with Crippen molar-refractivity contribution in [3.63, 3.8) is 0 Å². The van der Waals surface area contributed by atoms with Gasteiger partial charge < -0.3 is 10.1 Å². The number of nitrogens with one attached hydrogen (secondary N) is 1. The predicted octanol–water partition coefficient (Wildman–Crippen LogP) is 4.37. The number of ketones is 1. The zero-order valence-corrected chi connectivity index (χ0v) is 16.3. The summed E-state index contributed by atoms with van der Waals surface area (Å²) in [4.78, 5) is 36.0. The van der Waals surface area contributed by atoms with E-state index in [0.717, 1.165) is 5.56 Å². The van der Waals surface area contributed by atoms with Crippen molar-refractivity contribution in [2.45, 2.75) is 46.1 Å². The summed E-state index contributed by atoms with van der Waals surface area (Å²) in [5, 5.41) is 2.65. The molecule has 0 aliphatic heterocycles. The second-order valence-corrected chi connectivity index (χ2v) is 7.50. The number of rotatable bonds is 5. The van der Waals surface area contributed by atoms with Crippen LogP contribution in [0.25, 0.3) is 0 Å². The number of anilines is 1. The molecule has 0 saturated carbocycles. The van der Waals surface area contributed by atoms with Gasteiger partial charge in [-0.25, -0.2) is 4.79 Å². The SMILES string of the molecule is CC(=O)c1cccc(NC(=O)C(C)OC(=O)c2ccc(C(C)(C)C)cc2)c1. The van der Waals surface area contributed by atoms with E-state index < -0.39 is 18.0 Å². The number of hydrogen-bond acceptors (Lipinski definition) is 4. The smallest absolute Gasteiger partial charge is 0.338 e. The van der Waals surface area contributed by atoms with Crippen molar-refractivity contribution in [3.8, 4) is 0 Å². The second-order valence-electron chi connectivity index (χ2n) is 7.50. The van der Waals surface area contributed by atoms with Crippen LogP contribution in [0, 0.1) is 0 Å². The summed E-state index contributed by atoms with van der Waals surface area (Å²) in [6, 6.07) is 13.8. The average Bonchev–Trinajstić information content (AvgIpc) is 2.61. The van der Waals surface area contributed by atoms with Crippen LogP contribution in [0.5, 0.6) is 0 Å². The van der Waals surface area contributed by atoms with Crippen molar-refractivity contribution < 1.29 is 19.1 Å². The Bertz CT molecular complexity index is 847. The highest BCUT2D eigenvalue weighted by atomic mass is 16.5. The van der Waals surface area contributed by atoms with E-state index in [1.54, 1.807) is 36.4 Å². The van der Waals surface area contributed by atoms with E-state index in [1.165, 1.54) is 13.8 Å². The van der Waals surface area contributed by atoms with Crippen LogP contribution in [0.1, 0.15) is 60.9 Å². The number of benzene rings is 2. The van der Waals surface area contributed by atoms with Crippen LogP contribution in [0.15, 0.2) is 48.5 Å². The summed E-state index contributed by atoms with van der Waals surface area (Å²) >= 11 is 0. The van der Waals surface area contributed by atoms with E-state index in [4.69, 9.17) is 4.74 Å². The number of esters is 1. The summed E-state index contributed by atoms with van der Waals surface area (Å²) in [5.74, 6) is -1.12. The lowest BCUT2D eigenvalue weighted by molar-refractivity contribution is -0.123. The number of amides is 1. The summed E-state index contributed by atoms with van der Waals surface area (Å²) in [5.41, 5.74) is 2.46. The lowest BCUT2D eigenvalue weighted by atomic mass is 9.87. The molecule has 5 heteroatoms. The fourth-order valence-electron chi connectivity index (χ4n) is 2.45. The average molecular weight is 367 g/mol. The zero-order valence-electron chi connectivity index (χ0n) is 16.3. The van der Waals surface area contributed by atoms with Crippen molar-refractivity contribution in [2.24, 2.45) is 0 Å². The van der Waals surface area contributed by atoms with Gasteiger partial charge in [-0.05, 0) is 49.1 Å². The monoisotopic (exact) mass is 367 g/mol. The van der Waals surface area contributed by atoms with Gasteiger partial charge in [-0.2, -0.15) is 0 Å². The second kappa shape index (κ2) is 8.16. The van der Waals surface area contributed by atoms with Crippen LogP contribution < -0.4 is 5.32 Å². The van der Waals surface area contributed by atoms with Crippen molar-refractivity contribution in [2.75, 3.05) is 5.32 Å². The van der Waals surface area contributed by atoms with Gasteiger partial charge in [0.1, 0.15) is 0 Å². The molecule has 0 aromatic heterocycles. The number of carbonyl (C=O) groups excluding carboxylic acids is 3. The zero-order chi connectivity index (χ0) is 20.2. The quantitative estimate of drug-likeness (QED) is 0.629. The normalized spacial score (nSPS) is 12.2. The molecule has 0 aliphatic carbocycles. The molecule has 0 saturated heterocycles. The molecule has 1 unspecified atom stereocenters. The van der Waals surface area contributed by atoms with E-state index in [1.807, 2.05) is 12.1 Å². The Morgan fingerprint density at radius 2 is 1.59 bits per heavy atom. The largest absolute Gasteiger partial charge is 0.449 e. The van der Waals surface area contributed by atoms with Crippen LogP contribution in [-0.4, -0.2) is 23.8 Å². The van der Waals surface area contributed by atoms with Crippen LogP contribution in [0.3, 0.4) is 0 Å². The van der Waals surface area contributed by atoms with E-state index >= 15 is 0 Å². The molecular formula is C22H25NO4. The summed E-state index contributed by atoms with van der Waals surface area (Å²) < 4.78 is 5.26. The molecular weight excluding hydrogens is 342 g/mol. The Morgan fingerprint density at radius 3 is 2.15 bits per heavy atom. The first-order valence-electron chi connectivity index (χ1n) is 8.81. The number of ether oxygens (including phenoxy) is 1. The number of hydrogen-bond donors (Lipinski definition) is 1. The van der Waals surface area contributed by atoms with E-state index in [9.17, 15) is 14.4 Å². The molecule has 142 valence electrons. The van der Waals surface area contributed by atoms with Gasteiger partial charge in [0, 0.05) is 11.3 Å². The third-order valence-electron chi connectivity index (χ3n) is 4.18. The minimum Gasteiger partial charge on any atom is -0.449 e. The molecule has 0 bridgehead atoms. The maximum atomic E-state index is 12.3. The lowest BCUT2D eigenvalue weighted by Gasteiger charge is -2.19. The fourth-order valence-corrected chi connectivity index (χ4v) is 2.45. The molecule has 1 amide bonds. The highest BCUT2D eigenvalue weighted by molar-refractivity contribution is 5.99. The number of Topliss-reactive ketones (excluding diaryl/α,β-unsaturated/α-hetero) is 1. The van der Waals surface area contributed by atoms with Gasteiger partial charge in [-0.15, -0.1) is 0 Å². The van der Waals surface area contributed by atoms with Gasteiger partial charge in [-0.1, -0.05) is 45.0 Å². The van der Waals surface area contributed by atoms with Crippen molar-refractivity contribution in [1.29, 1.82) is 0 Å². The minimum atomic E-state index is -0.972. The molecule has 0 fully saturated rings. The molecule has 1 N–H and O–H groups in total. The van der Waals surface area contributed by atoms with Crippen LogP contribution in [0.4, 0.5) is 5.69 Å². The molecule has 0 aliphatic rings. The predicted molar refractivity (Wildman–Crippen MR) is 105 cm³/mol.